The summed E-state index contributed by atoms with van der Waals surface area (Å²) in [5, 5.41) is 13.7. The topological polar surface area (TPSA) is 35.5 Å². The van der Waals surface area contributed by atoms with Gasteiger partial charge in [0, 0.05) is 42.3 Å². The van der Waals surface area contributed by atoms with E-state index in [1.165, 1.54) is 0 Å². The van der Waals surface area contributed by atoms with E-state index in [9.17, 15) is 5.11 Å². The first-order valence-electron chi connectivity index (χ1n) is 6.57. The molecule has 0 radical (unpaired) electrons. The maximum atomic E-state index is 10.3. The number of nitrogens with one attached hydrogen (secondary N) is 1. The largest absolute Gasteiger partial charge is 0.507 e. The van der Waals surface area contributed by atoms with Gasteiger partial charge < -0.3 is 10.4 Å². The molecule has 0 aliphatic carbocycles. The molecule has 0 spiro atoms. The molecular weight excluding hydrogens is 292 g/mol. The lowest BCUT2D eigenvalue weighted by atomic mass is 9.98. The van der Waals surface area contributed by atoms with Crippen LogP contribution in [0.15, 0.2) is 16.6 Å². The Morgan fingerprint density at radius 2 is 2.06 bits per heavy atom. The lowest BCUT2D eigenvalue weighted by Crippen LogP contribution is -2.45. The summed E-state index contributed by atoms with van der Waals surface area (Å²) >= 11 is 3.53. The van der Waals surface area contributed by atoms with E-state index in [0.717, 1.165) is 48.2 Å². The molecule has 2 N–H and O–H groups in total. The van der Waals surface area contributed by atoms with Gasteiger partial charge in [0.25, 0.3) is 0 Å². The smallest absolute Gasteiger partial charge is 0.123 e. The Bertz CT molecular complexity index is 417. The van der Waals surface area contributed by atoms with Gasteiger partial charge in [-0.2, -0.15) is 0 Å². The van der Waals surface area contributed by atoms with Gasteiger partial charge in [-0.05, 0) is 31.0 Å². The summed E-state index contributed by atoms with van der Waals surface area (Å²) < 4.78 is 1.04. The maximum Gasteiger partial charge on any atom is 0.123 e. The fraction of sp³-hybridized carbons (Fsp3) is 0.571. The molecule has 0 unspecified atom stereocenters. The number of hydrogen-bond donors (Lipinski definition) is 2. The number of halogens is 1. The number of aryl methyl sites for hydroxylation is 1. The fourth-order valence-electron chi connectivity index (χ4n) is 2.68. The van der Waals surface area contributed by atoms with Crippen LogP contribution in [0.5, 0.6) is 5.75 Å². The zero-order chi connectivity index (χ0) is 13.1. The molecule has 3 nitrogen and oxygen atoms in total. The molecule has 0 saturated carbocycles. The van der Waals surface area contributed by atoms with Crippen molar-refractivity contribution in [3.63, 3.8) is 0 Å². The third-order valence-corrected chi connectivity index (χ3v) is 4.09. The minimum Gasteiger partial charge on any atom is -0.507 e. The Labute approximate surface area is 117 Å². The standard InChI is InChI=1S/C14H21BrN2O/c1-3-13(17-6-4-16-5-7-17)12-9-11(15)8-10(2)14(12)18/h8-9,13,16,18H,3-7H2,1-2H3/t13-/m1/s1. The van der Waals surface area contributed by atoms with E-state index in [2.05, 4.69) is 39.1 Å². The zero-order valence-electron chi connectivity index (χ0n) is 11.0. The summed E-state index contributed by atoms with van der Waals surface area (Å²) in [6.07, 6.45) is 1.02. The van der Waals surface area contributed by atoms with Crippen LogP contribution in [0.2, 0.25) is 0 Å². The first kappa shape index (κ1) is 13.8. The van der Waals surface area contributed by atoms with Crippen LogP contribution in [-0.4, -0.2) is 36.2 Å². The number of piperazine rings is 1. The highest BCUT2D eigenvalue weighted by Gasteiger charge is 2.23. The summed E-state index contributed by atoms with van der Waals surface area (Å²) in [5.74, 6) is 0.448. The fourth-order valence-corrected chi connectivity index (χ4v) is 3.27. The van der Waals surface area contributed by atoms with Crippen molar-refractivity contribution in [3.05, 3.63) is 27.7 Å². The lowest BCUT2D eigenvalue weighted by Gasteiger charge is -2.35. The molecule has 1 atom stereocenters. The monoisotopic (exact) mass is 312 g/mol. The molecule has 0 aromatic heterocycles. The van der Waals surface area contributed by atoms with Crippen molar-refractivity contribution >= 4 is 15.9 Å². The molecule has 4 heteroatoms. The molecule has 18 heavy (non-hydrogen) atoms. The number of hydrogen-bond acceptors (Lipinski definition) is 3. The number of rotatable bonds is 3. The summed E-state index contributed by atoms with van der Waals surface area (Å²) in [4.78, 5) is 2.46. The third kappa shape index (κ3) is 2.87. The van der Waals surface area contributed by atoms with Gasteiger partial charge in [0.05, 0.1) is 0 Å². The van der Waals surface area contributed by atoms with Crippen LogP contribution in [-0.2, 0) is 0 Å². The Hall–Kier alpha value is -0.580. The van der Waals surface area contributed by atoms with Gasteiger partial charge in [0.2, 0.25) is 0 Å². The maximum absolute atomic E-state index is 10.3. The summed E-state index contributed by atoms with van der Waals surface area (Å²) in [5.41, 5.74) is 1.99. The van der Waals surface area contributed by atoms with Gasteiger partial charge in [-0.15, -0.1) is 0 Å². The summed E-state index contributed by atoms with van der Waals surface area (Å²) in [6, 6.07) is 4.32. The SMILES string of the molecule is CC[C@H](c1cc(Br)cc(C)c1O)N1CCNCC1. The molecule has 1 saturated heterocycles. The van der Waals surface area contributed by atoms with Crippen molar-refractivity contribution in [2.24, 2.45) is 0 Å². The zero-order valence-corrected chi connectivity index (χ0v) is 12.6. The molecule has 1 aromatic carbocycles. The van der Waals surface area contributed by atoms with Crippen molar-refractivity contribution in [2.75, 3.05) is 26.2 Å². The number of phenols is 1. The predicted molar refractivity (Wildman–Crippen MR) is 78.0 cm³/mol. The van der Waals surface area contributed by atoms with Crippen molar-refractivity contribution in [2.45, 2.75) is 26.3 Å². The molecule has 1 aliphatic rings. The number of nitrogens with zero attached hydrogens (tertiary/aromatic N) is 1. The average molecular weight is 313 g/mol. The number of benzene rings is 1. The highest BCUT2D eigenvalue weighted by atomic mass is 79.9. The van der Waals surface area contributed by atoms with Crippen molar-refractivity contribution in [3.8, 4) is 5.75 Å². The molecule has 100 valence electrons. The molecule has 1 heterocycles. The van der Waals surface area contributed by atoms with Crippen LogP contribution in [0, 0.1) is 6.92 Å². The Morgan fingerprint density at radius 3 is 2.67 bits per heavy atom. The molecule has 0 amide bonds. The van der Waals surface area contributed by atoms with E-state index in [1.54, 1.807) is 0 Å². The van der Waals surface area contributed by atoms with Gasteiger partial charge >= 0.3 is 0 Å². The highest BCUT2D eigenvalue weighted by Crippen LogP contribution is 2.35. The summed E-state index contributed by atoms with van der Waals surface area (Å²) in [6.45, 7) is 8.29. The van der Waals surface area contributed by atoms with E-state index >= 15 is 0 Å². The molecular formula is C14H21BrN2O. The predicted octanol–water partition coefficient (Wildman–Crippen LogP) is 2.82. The van der Waals surface area contributed by atoms with Crippen LogP contribution in [0.1, 0.15) is 30.5 Å². The van der Waals surface area contributed by atoms with E-state index in [0.29, 0.717) is 11.8 Å². The van der Waals surface area contributed by atoms with Crippen LogP contribution >= 0.6 is 15.9 Å². The Morgan fingerprint density at radius 1 is 1.39 bits per heavy atom. The van der Waals surface area contributed by atoms with E-state index in [1.807, 2.05) is 13.0 Å². The highest BCUT2D eigenvalue weighted by molar-refractivity contribution is 9.10. The quantitative estimate of drug-likeness (QED) is 0.901. The molecule has 1 aliphatic heterocycles. The van der Waals surface area contributed by atoms with E-state index < -0.39 is 0 Å². The van der Waals surface area contributed by atoms with Gasteiger partial charge in [-0.3, -0.25) is 4.90 Å². The second kappa shape index (κ2) is 6.04. The minimum atomic E-state index is 0.309. The number of phenolic OH excluding ortho intramolecular Hbond substituents is 1. The van der Waals surface area contributed by atoms with Gasteiger partial charge in [-0.1, -0.05) is 22.9 Å². The lowest BCUT2D eigenvalue weighted by molar-refractivity contribution is 0.166. The second-order valence-electron chi connectivity index (χ2n) is 4.87. The van der Waals surface area contributed by atoms with Gasteiger partial charge in [0.15, 0.2) is 0 Å². The normalized spacial score (nSPS) is 18.8. The third-order valence-electron chi connectivity index (χ3n) is 3.63. The van der Waals surface area contributed by atoms with E-state index in [-0.39, 0.29) is 0 Å². The average Bonchev–Trinajstić information content (AvgIpc) is 2.37. The van der Waals surface area contributed by atoms with Crippen molar-refractivity contribution in [1.82, 2.24) is 10.2 Å². The first-order chi connectivity index (χ1) is 8.63. The van der Waals surface area contributed by atoms with Crippen molar-refractivity contribution in [1.29, 1.82) is 0 Å². The van der Waals surface area contributed by atoms with Crippen LogP contribution in [0.3, 0.4) is 0 Å². The summed E-state index contributed by atoms with van der Waals surface area (Å²) in [7, 11) is 0. The Balaban J connectivity index is 2.31. The van der Waals surface area contributed by atoms with Gasteiger partial charge in [0.1, 0.15) is 5.75 Å². The van der Waals surface area contributed by atoms with Crippen LogP contribution in [0.25, 0.3) is 0 Å². The number of aromatic hydroxyl groups is 1. The van der Waals surface area contributed by atoms with Crippen LogP contribution in [0.4, 0.5) is 0 Å². The van der Waals surface area contributed by atoms with Crippen LogP contribution < -0.4 is 5.32 Å². The van der Waals surface area contributed by atoms with E-state index in [4.69, 9.17) is 0 Å². The van der Waals surface area contributed by atoms with Crippen molar-refractivity contribution < 1.29 is 5.11 Å². The second-order valence-corrected chi connectivity index (χ2v) is 5.79. The minimum absolute atomic E-state index is 0.309. The van der Waals surface area contributed by atoms with Gasteiger partial charge in [-0.25, -0.2) is 0 Å². The molecule has 2 rings (SSSR count). The molecule has 1 fully saturated rings. The first-order valence-corrected chi connectivity index (χ1v) is 7.36. The molecule has 1 aromatic rings. The Kier molecular flexibility index (Phi) is 4.65. The molecule has 0 bridgehead atoms.